The third-order valence-electron chi connectivity index (χ3n) is 4.71. The van der Waals surface area contributed by atoms with Crippen LogP contribution in [0.3, 0.4) is 0 Å². The van der Waals surface area contributed by atoms with Gasteiger partial charge in [-0.05, 0) is 49.5 Å². The highest BCUT2D eigenvalue weighted by atomic mass is 16.5. The quantitative estimate of drug-likeness (QED) is 0.339. The number of rotatable bonds is 6. The summed E-state index contributed by atoms with van der Waals surface area (Å²) in [5.74, 6) is -0.730. The van der Waals surface area contributed by atoms with Crippen LogP contribution in [0, 0.1) is 0 Å². The maximum absolute atomic E-state index is 12.6. The summed E-state index contributed by atoms with van der Waals surface area (Å²) < 4.78 is 0. The molecular weight excluding hydrogens is 368 g/mol. The van der Waals surface area contributed by atoms with Crippen molar-refractivity contribution in [3.05, 3.63) is 71.6 Å². The number of hydroxylamine groups is 1. The maximum atomic E-state index is 12.6. The van der Waals surface area contributed by atoms with Crippen molar-refractivity contribution in [2.24, 2.45) is 0 Å². The van der Waals surface area contributed by atoms with Gasteiger partial charge in [0.15, 0.2) is 5.78 Å². The van der Waals surface area contributed by atoms with Crippen molar-refractivity contribution in [2.75, 3.05) is 38.1 Å². The van der Waals surface area contributed by atoms with Gasteiger partial charge < -0.3 is 9.80 Å². The zero-order valence-electron chi connectivity index (χ0n) is 16.3. The molecule has 1 aromatic heterocycles. The predicted octanol–water partition coefficient (Wildman–Crippen LogP) is 2.25. The van der Waals surface area contributed by atoms with Crippen molar-refractivity contribution in [3.8, 4) is 0 Å². The van der Waals surface area contributed by atoms with E-state index in [1.54, 1.807) is 24.3 Å². The summed E-state index contributed by atoms with van der Waals surface area (Å²) >= 11 is 0. The first kappa shape index (κ1) is 20.4. The van der Waals surface area contributed by atoms with Gasteiger partial charge in [-0.3, -0.25) is 14.8 Å². The van der Waals surface area contributed by atoms with Gasteiger partial charge in [0.25, 0.3) is 5.91 Å². The van der Waals surface area contributed by atoms with E-state index in [0.717, 1.165) is 31.9 Å². The van der Waals surface area contributed by atoms with E-state index in [-0.39, 0.29) is 5.78 Å². The van der Waals surface area contributed by atoms with Gasteiger partial charge >= 0.3 is 0 Å². The molecule has 0 aliphatic carbocycles. The Kier molecular flexibility index (Phi) is 6.89. The number of allylic oxidation sites excluding steroid dienone is 1. The van der Waals surface area contributed by atoms with Gasteiger partial charge in [0.2, 0.25) is 0 Å². The zero-order chi connectivity index (χ0) is 20.6. The topological polar surface area (TPSA) is 85.8 Å². The molecule has 1 fully saturated rings. The third kappa shape index (κ3) is 5.84. The van der Waals surface area contributed by atoms with Crippen molar-refractivity contribution in [2.45, 2.75) is 0 Å². The largest absolute Gasteiger partial charge is 0.369 e. The summed E-state index contributed by atoms with van der Waals surface area (Å²) in [6.07, 6.45) is 5.79. The number of nitrogens with one attached hydrogen (secondary N) is 1. The lowest BCUT2D eigenvalue weighted by atomic mass is 10.1. The zero-order valence-corrected chi connectivity index (χ0v) is 16.3. The lowest BCUT2D eigenvalue weighted by Gasteiger charge is -2.34. The summed E-state index contributed by atoms with van der Waals surface area (Å²) in [6.45, 7) is 3.91. The molecule has 1 saturated heterocycles. The number of hydrogen-bond donors (Lipinski definition) is 2. The van der Waals surface area contributed by atoms with Crippen molar-refractivity contribution in [1.29, 1.82) is 0 Å². The number of anilines is 1. The Morgan fingerprint density at radius 2 is 1.66 bits per heavy atom. The van der Waals surface area contributed by atoms with E-state index in [2.05, 4.69) is 21.8 Å². The monoisotopic (exact) mass is 392 g/mol. The van der Waals surface area contributed by atoms with Crippen LogP contribution < -0.4 is 10.4 Å². The highest BCUT2D eigenvalue weighted by molar-refractivity contribution is 6.07. The molecule has 0 unspecified atom stereocenters. The lowest BCUT2D eigenvalue weighted by Crippen LogP contribution is -2.44. The van der Waals surface area contributed by atoms with Crippen LogP contribution in [0.5, 0.6) is 0 Å². The Labute approximate surface area is 169 Å². The molecule has 3 rings (SSSR count). The second-order valence-corrected chi connectivity index (χ2v) is 6.83. The number of likely N-dealkylation sites (N-methyl/N-ethyl adjacent to an activating group) is 1. The summed E-state index contributed by atoms with van der Waals surface area (Å²) in [6, 6.07) is 13.0. The Morgan fingerprint density at radius 1 is 1.00 bits per heavy atom. The summed E-state index contributed by atoms with van der Waals surface area (Å²) in [7, 11) is 2.11. The fourth-order valence-electron chi connectivity index (χ4n) is 3.03. The molecule has 0 atom stereocenters. The van der Waals surface area contributed by atoms with Crippen LogP contribution >= 0.6 is 0 Å². The van der Waals surface area contributed by atoms with Gasteiger partial charge in [-0.1, -0.05) is 18.2 Å². The van der Waals surface area contributed by atoms with E-state index in [1.807, 2.05) is 24.3 Å². The van der Waals surface area contributed by atoms with Crippen LogP contribution in [0.2, 0.25) is 0 Å². The Morgan fingerprint density at radius 3 is 2.34 bits per heavy atom. The van der Waals surface area contributed by atoms with Gasteiger partial charge in [0, 0.05) is 43.5 Å². The van der Waals surface area contributed by atoms with E-state index in [4.69, 9.17) is 5.21 Å². The summed E-state index contributed by atoms with van der Waals surface area (Å²) in [4.78, 5) is 32.6. The lowest BCUT2D eigenvalue weighted by molar-refractivity contribution is -0.124. The Balaban J connectivity index is 1.69. The highest BCUT2D eigenvalue weighted by Gasteiger charge is 2.15. The number of pyridine rings is 1. The Bertz CT molecular complexity index is 931. The SMILES string of the molecule is CN1CCN(c2cccc(C(=O)C=Cc3cccc(C=CC(=O)NO)n3)c2)CC1. The van der Waals surface area contributed by atoms with Crippen LogP contribution in [0.15, 0.2) is 54.6 Å². The average Bonchev–Trinajstić information content (AvgIpc) is 2.76. The number of aromatic nitrogens is 1. The van der Waals surface area contributed by atoms with Crippen molar-refractivity contribution in [3.63, 3.8) is 0 Å². The van der Waals surface area contributed by atoms with Crippen molar-refractivity contribution >= 4 is 29.5 Å². The van der Waals surface area contributed by atoms with E-state index < -0.39 is 5.91 Å². The van der Waals surface area contributed by atoms with Crippen molar-refractivity contribution < 1.29 is 14.8 Å². The van der Waals surface area contributed by atoms with E-state index in [0.29, 0.717) is 17.0 Å². The first-order valence-corrected chi connectivity index (χ1v) is 9.40. The van der Waals surface area contributed by atoms with E-state index in [1.165, 1.54) is 23.7 Å². The number of carbonyl (C=O) groups excluding carboxylic acids is 2. The molecule has 2 N–H and O–H groups in total. The van der Waals surface area contributed by atoms with Gasteiger partial charge in [0.05, 0.1) is 11.4 Å². The molecular formula is C22H24N4O3. The molecule has 0 saturated carbocycles. The van der Waals surface area contributed by atoms with Gasteiger partial charge in [-0.15, -0.1) is 0 Å². The molecule has 0 radical (unpaired) electrons. The minimum atomic E-state index is -0.636. The molecule has 0 spiro atoms. The second-order valence-electron chi connectivity index (χ2n) is 6.83. The average molecular weight is 392 g/mol. The highest BCUT2D eigenvalue weighted by Crippen LogP contribution is 2.18. The van der Waals surface area contributed by atoms with Gasteiger partial charge in [-0.25, -0.2) is 10.5 Å². The number of carbonyl (C=O) groups is 2. The number of amides is 1. The Hall–Kier alpha value is -3.29. The number of hydrogen-bond acceptors (Lipinski definition) is 6. The second kappa shape index (κ2) is 9.77. The minimum absolute atomic E-state index is 0.0941. The van der Waals surface area contributed by atoms with Gasteiger partial charge in [-0.2, -0.15) is 0 Å². The fraction of sp³-hybridized carbons (Fsp3) is 0.227. The molecule has 0 bridgehead atoms. The molecule has 1 aromatic carbocycles. The molecule has 2 aromatic rings. The van der Waals surface area contributed by atoms with Crippen LogP contribution in [0.1, 0.15) is 21.7 Å². The molecule has 1 amide bonds. The number of ketones is 1. The van der Waals surface area contributed by atoms with Crippen LogP contribution in [-0.4, -0.2) is 60.0 Å². The molecule has 29 heavy (non-hydrogen) atoms. The van der Waals surface area contributed by atoms with Crippen LogP contribution in [-0.2, 0) is 4.79 Å². The molecule has 150 valence electrons. The minimum Gasteiger partial charge on any atom is -0.369 e. The summed E-state index contributed by atoms with van der Waals surface area (Å²) in [5.41, 5.74) is 4.35. The number of piperazine rings is 1. The number of benzene rings is 1. The number of nitrogens with zero attached hydrogens (tertiary/aromatic N) is 3. The predicted molar refractivity (Wildman–Crippen MR) is 113 cm³/mol. The summed E-state index contributed by atoms with van der Waals surface area (Å²) in [5, 5.41) is 8.51. The molecule has 7 nitrogen and oxygen atoms in total. The first-order chi connectivity index (χ1) is 14.0. The molecule has 2 heterocycles. The smallest absolute Gasteiger partial charge is 0.267 e. The van der Waals surface area contributed by atoms with Crippen LogP contribution in [0.25, 0.3) is 12.2 Å². The molecule has 7 heteroatoms. The first-order valence-electron chi connectivity index (χ1n) is 9.40. The third-order valence-corrected chi connectivity index (χ3v) is 4.71. The van der Waals surface area contributed by atoms with E-state index >= 15 is 0 Å². The maximum Gasteiger partial charge on any atom is 0.267 e. The van der Waals surface area contributed by atoms with E-state index in [9.17, 15) is 9.59 Å². The standard InChI is InChI=1S/C22H24N4O3/c1-25-12-14-26(15-13-25)20-7-2-4-17(16-20)21(27)10-8-18-5-3-6-19(23-18)9-11-22(28)24-29/h2-11,16,29H,12-15H2,1H3,(H,24,28). The fourth-order valence-corrected chi connectivity index (χ4v) is 3.03. The van der Waals surface area contributed by atoms with Crippen molar-refractivity contribution in [1.82, 2.24) is 15.4 Å². The molecule has 1 aliphatic rings. The molecule has 1 aliphatic heterocycles. The van der Waals surface area contributed by atoms with Crippen LogP contribution in [0.4, 0.5) is 5.69 Å². The van der Waals surface area contributed by atoms with Gasteiger partial charge in [0.1, 0.15) is 0 Å². The normalized spacial score (nSPS) is 15.2.